The summed E-state index contributed by atoms with van der Waals surface area (Å²) in [5.74, 6) is 0. The van der Waals surface area contributed by atoms with Crippen molar-refractivity contribution in [2.45, 2.75) is 84.0 Å². The summed E-state index contributed by atoms with van der Waals surface area (Å²) in [6.07, 6.45) is 16.0. The molecule has 0 N–H and O–H groups in total. The van der Waals surface area contributed by atoms with Gasteiger partial charge in [0.05, 0.1) is 0 Å². The third kappa shape index (κ3) is 5.67. The average molecular weight is 395 g/mol. The summed E-state index contributed by atoms with van der Waals surface area (Å²) in [6, 6.07) is 14.4. The molecule has 150 valence electrons. The van der Waals surface area contributed by atoms with Crippen molar-refractivity contribution in [1.29, 1.82) is 0 Å². The van der Waals surface area contributed by atoms with Crippen molar-refractivity contribution in [3.05, 3.63) is 58.3 Å². The Balaban J connectivity index is 1.48. The molecule has 0 radical (unpaired) electrons. The van der Waals surface area contributed by atoms with Crippen LogP contribution in [0.2, 0.25) is 0 Å². The molecule has 0 amide bonds. The van der Waals surface area contributed by atoms with E-state index >= 15 is 0 Å². The van der Waals surface area contributed by atoms with Gasteiger partial charge >= 0.3 is 0 Å². The van der Waals surface area contributed by atoms with Gasteiger partial charge in [-0.25, -0.2) is 0 Å². The topological polar surface area (TPSA) is 17.1 Å². The van der Waals surface area contributed by atoms with Crippen LogP contribution in [0.4, 0.5) is 0 Å². The van der Waals surface area contributed by atoms with Crippen LogP contribution in [-0.2, 0) is 6.42 Å². The fraction of sp³-hybridized carbons (Fsp3) is 0.500. The summed E-state index contributed by atoms with van der Waals surface area (Å²) >= 11 is 1.74. The maximum atomic E-state index is 13.0. The minimum Gasteiger partial charge on any atom is -0.288 e. The Morgan fingerprint density at radius 1 is 0.679 bits per heavy atom. The van der Waals surface area contributed by atoms with E-state index in [1.54, 1.807) is 11.3 Å². The number of fused-ring (bicyclic) bond motifs is 2. The molecule has 0 saturated heterocycles. The lowest BCUT2D eigenvalue weighted by atomic mass is 10.0. The normalized spacial score (nSPS) is 11.5. The molecule has 1 nitrogen and oxygen atoms in total. The molecule has 0 unspecified atom stereocenters. The van der Waals surface area contributed by atoms with Gasteiger partial charge in [-0.3, -0.25) is 4.79 Å². The number of hydrogen-bond donors (Lipinski definition) is 0. The largest absolute Gasteiger partial charge is 0.288 e. The zero-order valence-corrected chi connectivity index (χ0v) is 18.2. The molecule has 0 spiro atoms. The lowest BCUT2D eigenvalue weighted by molar-refractivity contribution is 0.550. The number of benzene rings is 2. The summed E-state index contributed by atoms with van der Waals surface area (Å²) in [5.41, 5.74) is 1.45. The van der Waals surface area contributed by atoms with E-state index in [0.29, 0.717) is 0 Å². The van der Waals surface area contributed by atoms with Crippen molar-refractivity contribution in [2.24, 2.45) is 0 Å². The fourth-order valence-electron chi connectivity index (χ4n) is 4.10. The summed E-state index contributed by atoms with van der Waals surface area (Å²) in [5, 5.41) is 1.82. The van der Waals surface area contributed by atoms with Crippen molar-refractivity contribution in [1.82, 2.24) is 0 Å². The zero-order chi connectivity index (χ0) is 19.6. The standard InChI is InChI=1S/C26H34OS/c1-2-3-4-5-6-7-8-9-10-11-12-16-21-17-15-20-24-25(21)26(27)22-18-13-14-19-23(22)28-24/h13-15,17-20H,2-12,16H2,1H3. The fourth-order valence-corrected chi connectivity index (χ4v) is 5.23. The van der Waals surface area contributed by atoms with Gasteiger partial charge in [0, 0.05) is 20.2 Å². The molecule has 0 aliphatic carbocycles. The van der Waals surface area contributed by atoms with Gasteiger partial charge in [0.2, 0.25) is 0 Å². The first-order valence-corrected chi connectivity index (χ1v) is 12.1. The van der Waals surface area contributed by atoms with E-state index in [0.717, 1.165) is 26.6 Å². The lowest BCUT2D eigenvalue weighted by Gasteiger charge is -2.07. The van der Waals surface area contributed by atoms with E-state index in [1.165, 1.54) is 76.2 Å². The van der Waals surface area contributed by atoms with Gasteiger partial charge in [-0.05, 0) is 36.6 Å². The van der Waals surface area contributed by atoms with Crippen molar-refractivity contribution in [2.75, 3.05) is 0 Å². The second-order valence-electron chi connectivity index (χ2n) is 8.00. The van der Waals surface area contributed by atoms with E-state index in [4.69, 9.17) is 0 Å². The van der Waals surface area contributed by atoms with Crippen LogP contribution in [0.15, 0.2) is 47.3 Å². The molecule has 0 aliphatic rings. The molecular formula is C26H34OS. The highest BCUT2D eigenvalue weighted by atomic mass is 32.1. The van der Waals surface area contributed by atoms with E-state index in [9.17, 15) is 4.79 Å². The van der Waals surface area contributed by atoms with E-state index in [2.05, 4.69) is 31.2 Å². The molecule has 0 fully saturated rings. The first-order valence-electron chi connectivity index (χ1n) is 11.2. The SMILES string of the molecule is CCCCCCCCCCCCCc1cccc2sc3ccccc3c(=O)c12. The highest BCUT2D eigenvalue weighted by Gasteiger charge is 2.09. The van der Waals surface area contributed by atoms with E-state index in [-0.39, 0.29) is 5.43 Å². The van der Waals surface area contributed by atoms with Gasteiger partial charge in [-0.15, -0.1) is 11.3 Å². The van der Waals surface area contributed by atoms with Crippen LogP contribution in [0.25, 0.3) is 20.2 Å². The Hall–Kier alpha value is -1.67. The van der Waals surface area contributed by atoms with Gasteiger partial charge < -0.3 is 0 Å². The summed E-state index contributed by atoms with van der Waals surface area (Å²) in [7, 11) is 0. The molecule has 0 bridgehead atoms. The predicted octanol–water partition coefficient (Wildman–Crippen LogP) is 8.27. The zero-order valence-electron chi connectivity index (χ0n) is 17.3. The average Bonchev–Trinajstić information content (AvgIpc) is 2.72. The third-order valence-corrected chi connectivity index (χ3v) is 6.88. The summed E-state index contributed by atoms with van der Waals surface area (Å²) in [6.45, 7) is 2.28. The Morgan fingerprint density at radius 2 is 1.29 bits per heavy atom. The van der Waals surface area contributed by atoms with Crippen LogP contribution in [0.1, 0.15) is 83.1 Å². The monoisotopic (exact) mass is 394 g/mol. The second kappa shape index (κ2) is 11.4. The van der Waals surface area contributed by atoms with Gasteiger partial charge in [0.25, 0.3) is 0 Å². The van der Waals surface area contributed by atoms with Crippen molar-refractivity contribution in [3.63, 3.8) is 0 Å². The third-order valence-electron chi connectivity index (χ3n) is 5.74. The number of hydrogen-bond acceptors (Lipinski definition) is 2. The second-order valence-corrected chi connectivity index (χ2v) is 9.09. The maximum absolute atomic E-state index is 13.0. The smallest absolute Gasteiger partial charge is 0.196 e. The van der Waals surface area contributed by atoms with Crippen LogP contribution in [-0.4, -0.2) is 0 Å². The van der Waals surface area contributed by atoms with Gasteiger partial charge in [-0.1, -0.05) is 95.4 Å². The molecule has 3 aromatic rings. The molecular weight excluding hydrogens is 360 g/mol. The number of rotatable bonds is 12. The predicted molar refractivity (Wildman–Crippen MR) is 126 cm³/mol. The first kappa shape index (κ1) is 21.0. The summed E-state index contributed by atoms with van der Waals surface area (Å²) < 4.78 is 2.22. The lowest BCUT2D eigenvalue weighted by Crippen LogP contribution is -2.04. The minimum absolute atomic E-state index is 0.211. The first-order chi connectivity index (χ1) is 13.8. The van der Waals surface area contributed by atoms with Crippen LogP contribution in [0.5, 0.6) is 0 Å². The molecule has 28 heavy (non-hydrogen) atoms. The molecule has 2 aromatic carbocycles. The molecule has 0 aliphatic heterocycles. The van der Waals surface area contributed by atoms with Gasteiger partial charge in [-0.2, -0.15) is 0 Å². The Morgan fingerprint density at radius 3 is 2.00 bits per heavy atom. The Labute approximate surface area is 173 Å². The van der Waals surface area contributed by atoms with Crippen LogP contribution in [0, 0.1) is 0 Å². The van der Waals surface area contributed by atoms with E-state index < -0.39 is 0 Å². The molecule has 0 saturated carbocycles. The molecule has 1 aromatic heterocycles. The van der Waals surface area contributed by atoms with Crippen molar-refractivity contribution < 1.29 is 0 Å². The number of unbranched alkanes of at least 4 members (excludes halogenated alkanes) is 10. The Kier molecular flexibility index (Phi) is 8.54. The highest BCUT2D eigenvalue weighted by molar-refractivity contribution is 7.24. The molecule has 0 atom stereocenters. The van der Waals surface area contributed by atoms with Crippen LogP contribution >= 0.6 is 11.3 Å². The van der Waals surface area contributed by atoms with Gasteiger partial charge in [0.15, 0.2) is 5.43 Å². The van der Waals surface area contributed by atoms with Crippen LogP contribution < -0.4 is 5.43 Å². The molecule has 1 heterocycles. The Bertz CT molecular complexity index is 925. The highest BCUT2D eigenvalue weighted by Crippen LogP contribution is 2.27. The van der Waals surface area contributed by atoms with Crippen LogP contribution in [0.3, 0.4) is 0 Å². The van der Waals surface area contributed by atoms with Gasteiger partial charge in [0.1, 0.15) is 0 Å². The minimum atomic E-state index is 0.211. The molecule has 2 heteroatoms. The van der Waals surface area contributed by atoms with Crippen molar-refractivity contribution in [3.8, 4) is 0 Å². The quantitative estimate of drug-likeness (QED) is 0.223. The molecule has 3 rings (SSSR count). The van der Waals surface area contributed by atoms with Crippen molar-refractivity contribution >= 4 is 31.5 Å². The van der Waals surface area contributed by atoms with E-state index in [1.807, 2.05) is 18.2 Å². The maximum Gasteiger partial charge on any atom is 0.196 e. The number of aryl methyl sites for hydroxylation is 1. The summed E-state index contributed by atoms with van der Waals surface area (Å²) in [4.78, 5) is 13.0.